The van der Waals surface area contributed by atoms with Gasteiger partial charge in [0.15, 0.2) is 0 Å². The molecule has 2 bridgehead atoms. The maximum absolute atomic E-state index is 13.6. The van der Waals surface area contributed by atoms with Crippen molar-refractivity contribution in [1.29, 1.82) is 0 Å². The van der Waals surface area contributed by atoms with E-state index in [4.69, 9.17) is 4.74 Å². The number of aliphatic hydroxyl groups is 1. The molecule has 0 unspecified atom stereocenters. The van der Waals surface area contributed by atoms with Gasteiger partial charge in [0, 0.05) is 56.2 Å². The van der Waals surface area contributed by atoms with E-state index in [2.05, 4.69) is 10.3 Å². The topological polar surface area (TPSA) is 114 Å². The summed E-state index contributed by atoms with van der Waals surface area (Å²) in [4.78, 5) is 45.5. The first-order valence-electron chi connectivity index (χ1n) is 11.9. The molecule has 2 amide bonds. The Morgan fingerprint density at radius 2 is 1.94 bits per heavy atom. The molecule has 186 valence electrons. The van der Waals surface area contributed by atoms with E-state index in [0.717, 1.165) is 11.1 Å². The highest BCUT2D eigenvalue weighted by atomic mass is 16.5. The number of amides is 2. The summed E-state index contributed by atoms with van der Waals surface area (Å²) in [7, 11) is 1.58. The fraction of sp³-hybridized carbons (Fsp3) is 0.333. The van der Waals surface area contributed by atoms with Crippen LogP contribution in [0.1, 0.15) is 24.2 Å². The molecule has 0 radical (unpaired) electrons. The lowest BCUT2D eigenvalue weighted by molar-refractivity contribution is -0.134. The van der Waals surface area contributed by atoms with E-state index in [-0.39, 0.29) is 37.1 Å². The normalized spacial score (nSPS) is 22.1. The highest BCUT2D eigenvalue weighted by molar-refractivity contribution is 5.83. The minimum Gasteiger partial charge on any atom is -0.497 e. The molecule has 1 aromatic carbocycles. The number of benzene rings is 1. The van der Waals surface area contributed by atoms with Crippen molar-refractivity contribution in [1.82, 2.24) is 19.8 Å². The highest BCUT2D eigenvalue weighted by Crippen LogP contribution is 2.48. The SMILES string of the molecule is COc1cccc(CNC(=O)[C@H]2[C@H](CO)[C@H]3Cn4c(ccc(-c5ccncc5)c4=O)[C@@H]2N3C(C)=O)c1. The summed E-state index contributed by atoms with van der Waals surface area (Å²) in [5.74, 6) is -0.978. The van der Waals surface area contributed by atoms with E-state index in [1.807, 2.05) is 30.3 Å². The van der Waals surface area contributed by atoms with Crippen LogP contribution >= 0.6 is 0 Å². The van der Waals surface area contributed by atoms with Crippen LogP contribution in [0.2, 0.25) is 0 Å². The van der Waals surface area contributed by atoms with Gasteiger partial charge in [-0.15, -0.1) is 0 Å². The van der Waals surface area contributed by atoms with Crippen molar-refractivity contribution in [3.05, 3.63) is 82.5 Å². The van der Waals surface area contributed by atoms with Gasteiger partial charge in [-0.1, -0.05) is 12.1 Å². The third kappa shape index (κ3) is 3.95. The van der Waals surface area contributed by atoms with E-state index in [9.17, 15) is 19.5 Å². The van der Waals surface area contributed by atoms with Crippen molar-refractivity contribution in [3.8, 4) is 16.9 Å². The molecule has 1 saturated heterocycles. The molecule has 9 nitrogen and oxygen atoms in total. The van der Waals surface area contributed by atoms with Crippen LogP contribution in [0.4, 0.5) is 0 Å². The zero-order chi connectivity index (χ0) is 25.4. The maximum Gasteiger partial charge on any atom is 0.258 e. The quantitative estimate of drug-likeness (QED) is 0.547. The Morgan fingerprint density at radius 3 is 2.64 bits per heavy atom. The highest BCUT2D eigenvalue weighted by Gasteiger charge is 2.56. The van der Waals surface area contributed by atoms with Gasteiger partial charge in [-0.3, -0.25) is 19.4 Å². The summed E-state index contributed by atoms with van der Waals surface area (Å²) in [5, 5.41) is 13.3. The molecule has 2 aromatic heterocycles. The number of aromatic nitrogens is 2. The number of carbonyl (C=O) groups excluding carboxylic acids is 2. The number of fused-ring (bicyclic) bond motifs is 4. The Morgan fingerprint density at radius 1 is 1.17 bits per heavy atom. The van der Waals surface area contributed by atoms with E-state index < -0.39 is 23.9 Å². The van der Waals surface area contributed by atoms with Gasteiger partial charge in [0.05, 0.1) is 25.1 Å². The average Bonchev–Trinajstić information content (AvgIpc) is 3.15. The van der Waals surface area contributed by atoms with Gasteiger partial charge in [-0.2, -0.15) is 0 Å². The van der Waals surface area contributed by atoms with Gasteiger partial charge < -0.3 is 24.6 Å². The lowest BCUT2D eigenvalue weighted by Crippen LogP contribution is -2.48. The lowest BCUT2D eigenvalue weighted by Gasteiger charge is -2.37. The van der Waals surface area contributed by atoms with Crippen molar-refractivity contribution >= 4 is 11.8 Å². The zero-order valence-electron chi connectivity index (χ0n) is 20.1. The first-order chi connectivity index (χ1) is 17.4. The first kappa shape index (κ1) is 23.7. The lowest BCUT2D eigenvalue weighted by atomic mass is 9.86. The summed E-state index contributed by atoms with van der Waals surface area (Å²) in [6.07, 6.45) is 3.26. The molecule has 0 saturated carbocycles. The molecule has 0 spiro atoms. The van der Waals surface area contributed by atoms with E-state index in [0.29, 0.717) is 17.0 Å². The molecule has 4 heterocycles. The Balaban J connectivity index is 1.51. The Hall–Kier alpha value is -3.98. The molecule has 9 heteroatoms. The van der Waals surface area contributed by atoms with Crippen molar-refractivity contribution in [2.75, 3.05) is 13.7 Å². The number of methoxy groups -OCH3 is 1. The molecule has 3 aromatic rings. The third-order valence-corrected chi connectivity index (χ3v) is 7.30. The number of carbonyl (C=O) groups is 2. The van der Waals surface area contributed by atoms with Gasteiger partial charge in [-0.25, -0.2) is 0 Å². The second-order valence-electron chi connectivity index (χ2n) is 9.20. The largest absolute Gasteiger partial charge is 0.497 e. The summed E-state index contributed by atoms with van der Waals surface area (Å²) < 4.78 is 6.91. The number of aliphatic hydroxyl groups excluding tert-OH is 1. The van der Waals surface area contributed by atoms with E-state index >= 15 is 0 Å². The van der Waals surface area contributed by atoms with Crippen molar-refractivity contribution in [2.45, 2.75) is 32.1 Å². The minimum atomic E-state index is -0.700. The van der Waals surface area contributed by atoms with Crippen molar-refractivity contribution in [2.24, 2.45) is 11.8 Å². The Kier molecular flexibility index (Phi) is 6.32. The summed E-state index contributed by atoms with van der Waals surface area (Å²) in [6, 6.07) is 13.4. The molecule has 2 aliphatic heterocycles. The van der Waals surface area contributed by atoms with Gasteiger partial charge in [0.2, 0.25) is 11.8 Å². The third-order valence-electron chi connectivity index (χ3n) is 7.30. The molecule has 2 N–H and O–H groups in total. The van der Waals surface area contributed by atoms with Crippen LogP contribution in [0.15, 0.2) is 65.7 Å². The maximum atomic E-state index is 13.6. The van der Waals surface area contributed by atoms with Gasteiger partial charge in [0.25, 0.3) is 5.56 Å². The Labute approximate surface area is 208 Å². The van der Waals surface area contributed by atoms with Crippen LogP contribution in [0, 0.1) is 11.8 Å². The Bertz CT molecular complexity index is 1360. The minimum absolute atomic E-state index is 0.189. The molecule has 36 heavy (non-hydrogen) atoms. The van der Waals surface area contributed by atoms with Gasteiger partial charge >= 0.3 is 0 Å². The first-order valence-corrected chi connectivity index (χ1v) is 11.9. The standard InChI is InChI=1S/C27H28N4O5/c1-16(33)31-23-14-30-22(7-6-20(27(30)35)18-8-10-28-11-9-18)25(31)24(21(23)15-32)26(34)29-13-17-4-3-5-19(12-17)36-2/h3-12,21,23-25,32H,13-15H2,1-2H3,(H,29,34)/t21-,23-,24+,25+/m1/s1. The number of hydrogen-bond acceptors (Lipinski definition) is 6. The monoisotopic (exact) mass is 488 g/mol. The number of rotatable bonds is 6. The smallest absolute Gasteiger partial charge is 0.258 e. The van der Waals surface area contributed by atoms with Crippen LogP contribution in [0.25, 0.3) is 11.1 Å². The van der Waals surface area contributed by atoms with Crippen LogP contribution < -0.4 is 15.6 Å². The molecular weight excluding hydrogens is 460 g/mol. The second-order valence-corrected chi connectivity index (χ2v) is 9.20. The molecular formula is C27H28N4O5. The molecule has 1 fully saturated rings. The fourth-order valence-corrected chi connectivity index (χ4v) is 5.68. The summed E-state index contributed by atoms with van der Waals surface area (Å²) >= 11 is 0. The predicted molar refractivity (Wildman–Crippen MR) is 132 cm³/mol. The number of ether oxygens (including phenoxy) is 1. The fourth-order valence-electron chi connectivity index (χ4n) is 5.68. The number of hydrogen-bond donors (Lipinski definition) is 2. The van der Waals surface area contributed by atoms with Crippen LogP contribution in [-0.4, -0.2) is 51.1 Å². The summed E-state index contributed by atoms with van der Waals surface area (Å²) in [5.41, 5.74) is 2.55. The summed E-state index contributed by atoms with van der Waals surface area (Å²) in [6.45, 7) is 1.68. The predicted octanol–water partition coefficient (Wildman–Crippen LogP) is 1.75. The van der Waals surface area contributed by atoms with Crippen LogP contribution in [0.3, 0.4) is 0 Å². The van der Waals surface area contributed by atoms with Crippen LogP contribution in [-0.2, 0) is 22.7 Å². The molecule has 0 aliphatic carbocycles. The van der Waals surface area contributed by atoms with Crippen LogP contribution in [0.5, 0.6) is 5.75 Å². The van der Waals surface area contributed by atoms with Gasteiger partial charge in [0.1, 0.15) is 5.75 Å². The van der Waals surface area contributed by atoms with Crippen molar-refractivity contribution in [3.63, 3.8) is 0 Å². The van der Waals surface area contributed by atoms with Crippen molar-refractivity contribution < 1.29 is 19.4 Å². The van der Waals surface area contributed by atoms with Gasteiger partial charge in [-0.05, 0) is 47.5 Å². The average molecular weight is 489 g/mol. The number of pyridine rings is 2. The zero-order valence-corrected chi connectivity index (χ0v) is 20.1. The van der Waals surface area contributed by atoms with E-state index in [1.165, 1.54) is 6.92 Å². The molecule has 2 aliphatic rings. The second kappa shape index (κ2) is 9.58. The molecule has 5 rings (SSSR count). The molecule has 4 atom stereocenters. The van der Waals surface area contributed by atoms with E-state index in [1.54, 1.807) is 47.2 Å². The number of nitrogens with zero attached hydrogens (tertiary/aromatic N) is 3. The number of nitrogens with one attached hydrogen (secondary N) is 1.